The second kappa shape index (κ2) is 5.74. The lowest BCUT2D eigenvalue weighted by molar-refractivity contribution is 0.280. The van der Waals surface area contributed by atoms with Crippen LogP contribution in [-0.2, 0) is 15.4 Å². The quantitative estimate of drug-likeness (QED) is 0.816. The number of benzene rings is 1. The van der Waals surface area contributed by atoms with E-state index < -0.39 is 22.7 Å². The van der Waals surface area contributed by atoms with Crippen LogP contribution in [0.15, 0.2) is 29.2 Å². The van der Waals surface area contributed by atoms with E-state index in [1.165, 1.54) is 12.1 Å². The number of hydrogen-bond acceptors (Lipinski definition) is 3. The van der Waals surface area contributed by atoms with Crippen molar-refractivity contribution < 1.29 is 13.5 Å². The number of sulfonamides is 1. The van der Waals surface area contributed by atoms with Crippen molar-refractivity contribution in [1.82, 2.24) is 4.72 Å². The third kappa shape index (κ3) is 4.06. The highest BCUT2D eigenvalue weighted by atomic mass is 32.2. The minimum Gasteiger partial charge on any atom is -0.394 e. The molecule has 4 nitrogen and oxygen atoms in total. The van der Waals surface area contributed by atoms with Gasteiger partial charge < -0.3 is 5.11 Å². The molecule has 5 heteroatoms. The van der Waals surface area contributed by atoms with Crippen molar-refractivity contribution in [1.29, 1.82) is 0 Å². The minimum atomic E-state index is -3.70. The summed E-state index contributed by atoms with van der Waals surface area (Å²) >= 11 is 0. The van der Waals surface area contributed by atoms with Gasteiger partial charge in [-0.3, -0.25) is 0 Å². The predicted molar refractivity (Wildman–Crippen MR) is 75.2 cm³/mol. The normalized spacial score (nSPS) is 13.8. The molecular weight excluding hydrogens is 262 g/mol. The number of aliphatic hydroxyl groups excluding tert-OH is 1. The number of rotatable bonds is 4. The summed E-state index contributed by atoms with van der Waals surface area (Å²) in [5.74, 6) is 2.17. The Labute approximate surface area is 114 Å². The molecule has 104 valence electrons. The maximum Gasteiger partial charge on any atom is 0.241 e. The first-order valence-electron chi connectivity index (χ1n) is 5.90. The Morgan fingerprint density at radius 1 is 1.32 bits per heavy atom. The molecule has 1 atom stereocenters. The molecule has 0 radical (unpaired) electrons. The molecule has 0 fully saturated rings. The maximum atomic E-state index is 12.0. The minimum absolute atomic E-state index is 0.0395. The van der Waals surface area contributed by atoms with Crippen LogP contribution in [0, 0.1) is 12.3 Å². The molecule has 1 unspecified atom stereocenters. The Kier molecular flexibility index (Phi) is 4.75. The zero-order chi connectivity index (χ0) is 14.7. The fourth-order valence-electron chi connectivity index (χ4n) is 1.51. The highest BCUT2D eigenvalue weighted by Crippen LogP contribution is 2.23. The molecule has 0 saturated heterocycles. The van der Waals surface area contributed by atoms with Gasteiger partial charge in [0.1, 0.15) is 6.04 Å². The summed E-state index contributed by atoms with van der Waals surface area (Å²) in [4.78, 5) is 0.134. The van der Waals surface area contributed by atoms with Crippen LogP contribution in [0.3, 0.4) is 0 Å². The summed E-state index contributed by atoms with van der Waals surface area (Å²) in [5.41, 5.74) is 1.00. The smallest absolute Gasteiger partial charge is 0.241 e. The van der Waals surface area contributed by atoms with E-state index in [1.807, 2.05) is 0 Å². The zero-order valence-corrected chi connectivity index (χ0v) is 12.2. The van der Waals surface area contributed by atoms with Crippen molar-refractivity contribution in [2.45, 2.75) is 37.1 Å². The van der Waals surface area contributed by atoms with Gasteiger partial charge in [0.15, 0.2) is 0 Å². The summed E-state index contributed by atoms with van der Waals surface area (Å²) in [6.07, 6.45) is 5.11. The largest absolute Gasteiger partial charge is 0.394 e. The maximum absolute atomic E-state index is 12.0. The van der Waals surface area contributed by atoms with Gasteiger partial charge >= 0.3 is 0 Å². The molecule has 0 bridgehead atoms. The molecule has 0 aromatic heterocycles. The molecule has 0 aliphatic heterocycles. The fourth-order valence-corrected chi connectivity index (χ4v) is 2.66. The van der Waals surface area contributed by atoms with E-state index in [-0.39, 0.29) is 10.3 Å². The van der Waals surface area contributed by atoms with Gasteiger partial charge in [0.2, 0.25) is 10.0 Å². The first-order chi connectivity index (χ1) is 8.70. The first-order valence-corrected chi connectivity index (χ1v) is 7.39. The van der Waals surface area contributed by atoms with Crippen LogP contribution in [0.4, 0.5) is 0 Å². The lowest BCUT2D eigenvalue weighted by Gasteiger charge is -2.19. The topological polar surface area (TPSA) is 66.4 Å². The molecule has 1 rings (SSSR count). The van der Waals surface area contributed by atoms with Crippen molar-refractivity contribution >= 4 is 10.0 Å². The Morgan fingerprint density at radius 2 is 1.84 bits per heavy atom. The average molecular weight is 281 g/mol. The van der Waals surface area contributed by atoms with Crippen LogP contribution in [0.1, 0.15) is 26.3 Å². The Hall–Kier alpha value is -1.35. The summed E-state index contributed by atoms with van der Waals surface area (Å²) in [5, 5.41) is 8.92. The van der Waals surface area contributed by atoms with Gasteiger partial charge in [-0.2, -0.15) is 4.72 Å². The predicted octanol–water partition coefficient (Wildman–Crippen LogP) is 1.26. The Morgan fingerprint density at radius 3 is 2.21 bits per heavy atom. The summed E-state index contributed by atoms with van der Waals surface area (Å²) in [7, 11) is -3.70. The molecule has 0 saturated carbocycles. The van der Waals surface area contributed by atoms with Crippen molar-refractivity contribution in [2.75, 3.05) is 6.61 Å². The number of hydrogen-bond donors (Lipinski definition) is 2. The molecule has 0 amide bonds. The molecule has 19 heavy (non-hydrogen) atoms. The lowest BCUT2D eigenvalue weighted by atomic mass is 9.87. The molecule has 0 aliphatic carbocycles. The number of aliphatic hydroxyl groups is 1. The first kappa shape index (κ1) is 15.7. The Balaban J connectivity index is 3.01. The summed E-state index contributed by atoms with van der Waals surface area (Å²) in [6, 6.07) is 5.71. The summed E-state index contributed by atoms with van der Waals surface area (Å²) < 4.78 is 26.3. The van der Waals surface area contributed by atoms with Crippen LogP contribution < -0.4 is 4.72 Å². The second-order valence-corrected chi connectivity index (χ2v) is 7.01. The molecule has 1 aromatic rings. The second-order valence-electron chi connectivity index (χ2n) is 5.30. The van der Waals surface area contributed by atoms with Gasteiger partial charge in [-0.15, -0.1) is 6.42 Å². The van der Waals surface area contributed by atoms with E-state index >= 15 is 0 Å². The third-order valence-corrected chi connectivity index (χ3v) is 4.20. The zero-order valence-electron chi connectivity index (χ0n) is 11.3. The van der Waals surface area contributed by atoms with E-state index in [0.29, 0.717) is 0 Å². The van der Waals surface area contributed by atoms with Gasteiger partial charge in [0, 0.05) is 0 Å². The van der Waals surface area contributed by atoms with Crippen molar-refractivity contribution in [3.8, 4) is 12.3 Å². The van der Waals surface area contributed by atoms with E-state index in [4.69, 9.17) is 11.5 Å². The van der Waals surface area contributed by atoms with Gasteiger partial charge in [-0.05, 0) is 23.1 Å². The molecular formula is C14H19NO3S. The molecule has 0 aliphatic rings. The molecule has 2 N–H and O–H groups in total. The molecule has 0 heterocycles. The fraction of sp³-hybridized carbons (Fsp3) is 0.429. The van der Waals surface area contributed by atoms with E-state index in [2.05, 4.69) is 31.4 Å². The van der Waals surface area contributed by atoms with Gasteiger partial charge in [0.25, 0.3) is 0 Å². The van der Waals surface area contributed by atoms with Crippen LogP contribution >= 0.6 is 0 Å². The summed E-state index contributed by atoms with van der Waals surface area (Å²) in [6.45, 7) is 5.72. The van der Waals surface area contributed by atoms with Gasteiger partial charge in [-0.1, -0.05) is 38.8 Å². The third-order valence-electron chi connectivity index (χ3n) is 2.71. The van der Waals surface area contributed by atoms with E-state index in [0.717, 1.165) is 5.56 Å². The standard InChI is InChI=1S/C14H19NO3S/c1-5-12(10-16)15-19(17,18)13-8-6-11(7-9-13)14(2,3)4/h1,6-9,12,15-16H,10H2,2-4H3. The van der Waals surface area contributed by atoms with Crippen molar-refractivity contribution in [3.63, 3.8) is 0 Å². The Bertz CT molecular complexity index is 562. The van der Waals surface area contributed by atoms with Crippen molar-refractivity contribution in [2.24, 2.45) is 0 Å². The highest BCUT2D eigenvalue weighted by molar-refractivity contribution is 7.89. The van der Waals surface area contributed by atoms with Crippen LogP contribution in [0.2, 0.25) is 0 Å². The van der Waals surface area contributed by atoms with E-state index in [9.17, 15) is 8.42 Å². The highest BCUT2D eigenvalue weighted by Gasteiger charge is 2.19. The van der Waals surface area contributed by atoms with E-state index in [1.54, 1.807) is 12.1 Å². The SMILES string of the molecule is C#CC(CO)NS(=O)(=O)c1ccc(C(C)(C)C)cc1. The van der Waals surface area contributed by atoms with Crippen molar-refractivity contribution in [3.05, 3.63) is 29.8 Å². The average Bonchev–Trinajstić information content (AvgIpc) is 2.35. The lowest BCUT2D eigenvalue weighted by Crippen LogP contribution is -2.36. The van der Waals surface area contributed by atoms with Gasteiger partial charge in [-0.25, -0.2) is 8.42 Å². The van der Waals surface area contributed by atoms with Crippen LogP contribution in [0.5, 0.6) is 0 Å². The molecule has 1 aromatic carbocycles. The number of nitrogens with one attached hydrogen (secondary N) is 1. The van der Waals surface area contributed by atoms with Gasteiger partial charge in [0.05, 0.1) is 11.5 Å². The van der Waals surface area contributed by atoms with Crippen LogP contribution in [-0.4, -0.2) is 26.2 Å². The van der Waals surface area contributed by atoms with Crippen LogP contribution in [0.25, 0.3) is 0 Å². The number of terminal acetylenes is 1. The monoisotopic (exact) mass is 281 g/mol. The molecule has 0 spiro atoms.